The zero-order chi connectivity index (χ0) is 45.1. The van der Waals surface area contributed by atoms with Crippen molar-refractivity contribution in [1.29, 1.82) is 0 Å². The molecule has 1 amide bonds. The van der Waals surface area contributed by atoms with E-state index >= 15 is 8.78 Å². The minimum Gasteiger partial charge on any atom is -0.491 e. The highest BCUT2D eigenvalue weighted by atomic mass is 32.2. The Hall–Kier alpha value is -5.90. The Morgan fingerprint density at radius 3 is 2.28 bits per heavy atom. The van der Waals surface area contributed by atoms with Crippen LogP contribution in [0.2, 0.25) is 0 Å². The van der Waals surface area contributed by atoms with Crippen LogP contribution in [-0.2, 0) is 35.8 Å². The van der Waals surface area contributed by atoms with Crippen LogP contribution in [0.1, 0.15) is 33.6 Å². The number of carbonyl (C=O) groups excluding carboxylic acids is 2. The molecule has 3 aromatic carbocycles. The van der Waals surface area contributed by atoms with Crippen LogP contribution in [0.15, 0.2) is 78.6 Å². The van der Waals surface area contributed by atoms with E-state index in [1.165, 1.54) is 6.20 Å². The average Bonchev–Trinajstić information content (AvgIpc) is 4.05. The lowest BCUT2D eigenvalue weighted by Gasteiger charge is -2.18. The number of halogens is 3. The Morgan fingerprint density at radius 2 is 1.61 bits per heavy atom. The molecular weight excluding hydrogens is 878 g/mol. The van der Waals surface area contributed by atoms with Gasteiger partial charge < -0.3 is 34.0 Å². The standard InChI is InChI=1S/C44H45F3N6O9S2/c1-28-43(63-27-51-28)30-2-3-31(22-48-26-54)39(21-30)62-19-17-60-15-13-58-12-14-59-16-18-61-34-6-4-29(5-7-34)32-20-35-36(24-50-44(35)49-23-32)42(55)40-37(46)8-9-38(41(40)47)52-64(56,57)53-11-10-33(45)25-53/h2-9,20-21,23-24,26-27,33,52H,10-19,22,25H2,1H3,(H,48,54)(H,49,50)/t33-/m1/s1. The number of aromatic nitrogens is 3. The minimum absolute atomic E-state index is 0.00394. The fourth-order valence-corrected chi connectivity index (χ4v) is 8.92. The van der Waals surface area contributed by atoms with Gasteiger partial charge in [-0.25, -0.2) is 23.1 Å². The summed E-state index contributed by atoms with van der Waals surface area (Å²) in [6, 6.07) is 16.3. The average molecular weight is 923 g/mol. The number of nitrogens with zero attached hydrogens (tertiary/aromatic N) is 3. The number of pyridine rings is 1. The van der Waals surface area contributed by atoms with Gasteiger partial charge in [0.15, 0.2) is 5.82 Å². The summed E-state index contributed by atoms with van der Waals surface area (Å²) in [6.07, 6.45) is 2.15. The molecule has 1 aliphatic rings. The number of anilines is 1. The highest BCUT2D eigenvalue weighted by Gasteiger charge is 2.33. The van der Waals surface area contributed by atoms with Gasteiger partial charge in [0.25, 0.3) is 0 Å². The maximum absolute atomic E-state index is 15.7. The van der Waals surface area contributed by atoms with E-state index in [1.807, 2.05) is 29.8 Å². The fraction of sp³-hybridized carbons (Fsp3) is 0.318. The van der Waals surface area contributed by atoms with Gasteiger partial charge in [-0.05, 0) is 60.9 Å². The van der Waals surface area contributed by atoms with Crippen molar-refractivity contribution >= 4 is 50.5 Å². The number of fused-ring (bicyclic) bond motifs is 1. The first-order valence-corrected chi connectivity index (χ1v) is 22.6. The van der Waals surface area contributed by atoms with Crippen molar-refractivity contribution in [3.05, 3.63) is 113 Å². The number of ether oxygens (including phenoxy) is 5. The molecule has 4 heterocycles. The molecule has 1 aliphatic heterocycles. The largest absolute Gasteiger partial charge is 0.491 e. The predicted octanol–water partition coefficient (Wildman–Crippen LogP) is 6.63. The van der Waals surface area contributed by atoms with E-state index in [1.54, 1.807) is 53.4 Å². The van der Waals surface area contributed by atoms with Crippen LogP contribution in [0.4, 0.5) is 18.9 Å². The molecule has 0 unspecified atom stereocenters. The third kappa shape index (κ3) is 11.4. The smallest absolute Gasteiger partial charge is 0.301 e. The first-order chi connectivity index (χ1) is 31.0. The van der Waals surface area contributed by atoms with Crippen LogP contribution in [0, 0.1) is 18.6 Å². The second-order valence-electron chi connectivity index (χ2n) is 14.4. The van der Waals surface area contributed by atoms with Gasteiger partial charge in [0.2, 0.25) is 12.2 Å². The number of hydrogen-bond donors (Lipinski definition) is 3. The third-order valence-electron chi connectivity index (χ3n) is 10.1. The molecule has 1 atom stereocenters. The first kappa shape index (κ1) is 46.1. The maximum atomic E-state index is 15.7. The van der Waals surface area contributed by atoms with Crippen LogP contribution >= 0.6 is 11.3 Å². The van der Waals surface area contributed by atoms with Crippen molar-refractivity contribution in [3.63, 3.8) is 0 Å². The van der Waals surface area contributed by atoms with E-state index < -0.39 is 51.6 Å². The molecule has 0 spiro atoms. The van der Waals surface area contributed by atoms with Crippen LogP contribution in [0.25, 0.3) is 32.6 Å². The number of carbonyl (C=O) groups is 2. The number of benzene rings is 3. The topological polar surface area (TPSA) is 183 Å². The SMILES string of the molecule is Cc1ncsc1-c1ccc(CNC=O)c(OCCOCCOCCOCCOc2ccc(-c3cnc4[nH]cc(C(=O)c5c(F)ccc(NS(=O)(=O)N6CC[C@@H](F)C6)c5F)c4c3)cc2)c1. The molecule has 3 aromatic heterocycles. The van der Waals surface area contributed by atoms with Crippen molar-refractivity contribution in [2.45, 2.75) is 26.1 Å². The summed E-state index contributed by atoms with van der Waals surface area (Å²) >= 11 is 1.55. The van der Waals surface area contributed by atoms with Gasteiger partial charge in [-0.15, -0.1) is 11.3 Å². The molecule has 1 fully saturated rings. The van der Waals surface area contributed by atoms with Crippen LogP contribution in [-0.4, -0.2) is 112 Å². The molecule has 20 heteroatoms. The summed E-state index contributed by atoms with van der Waals surface area (Å²) in [4.78, 5) is 37.1. The number of aryl methyl sites for hydroxylation is 1. The van der Waals surface area contributed by atoms with E-state index in [9.17, 15) is 22.4 Å². The van der Waals surface area contributed by atoms with Gasteiger partial charge in [-0.2, -0.15) is 12.7 Å². The summed E-state index contributed by atoms with van der Waals surface area (Å²) in [6.45, 7) is 4.59. The Morgan fingerprint density at radius 1 is 0.906 bits per heavy atom. The molecule has 3 N–H and O–H groups in total. The Balaban J connectivity index is 0.816. The molecule has 7 rings (SSSR count). The lowest BCUT2D eigenvalue weighted by molar-refractivity contribution is -0.109. The third-order valence-corrected chi connectivity index (χ3v) is 12.6. The van der Waals surface area contributed by atoms with Crippen molar-refractivity contribution in [2.75, 3.05) is 70.7 Å². The van der Waals surface area contributed by atoms with E-state index in [-0.39, 0.29) is 25.1 Å². The Kier molecular flexibility index (Phi) is 15.6. The van der Waals surface area contributed by atoms with Gasteiger partial charge in [0.05, 0.1) is 67.0 Å². The number of nitrogens with one attached hydrogen (secondary N) is 3. The van der Waals surface area contributed by atoms with Crippen molar-refractivity contribution in [1.82, 2.24) is 24.6 Å². The number of amides is 1. The highest BCUT2D eigenvalue weighted by molar-refractivity contribution is 7.90. The van der Waals surface area contributed by atoms with E-state index in [4.69, 9.17) is 23.7 Å². The van der Waals surface area contributed by atoms with Crippen LogP contribution in [0.5, 0.6) is 11.5 Å². The van der Waals surface area contributed by atoms with Gasteiger partial charge >= 0.3 is 10.2 Å². The van der Waals surface area contributed by atoms with Gasteiger partial charge in [-0.1, -0.05) is 24.3 Å². The highest BCUT2D eigenvalue weighted by Crippen LogP contribution is 2.33. The Bertz CT molecular complexity index is 2670. The van der Waals surface area contributed by atoms with Gasteiger partial charge in [0, 0.05) is 54.1 Å². The number of rotatable bonds is 24. The number of ketones is 1. The molecular formula is C44H45F3N6O9S2. The number of thiazole rings is 1. The first-order valence-electron chi connectivity index (χ1n) is 20.2. The molecule has 0 radical (unpaired) electrons. The van der Waals surface area contributed by atoms with E-state index in [0.717, 1.165) is 43.7 Å². The molecule has 64 heavy (non-hydrogen) atoms. The van der Waals surface area contributed by atoms with Gasteiger partial charge in [-0.3, -0.25) is 14.3 Å². The zero-order valence-electron chi connectivity index (χ0n) is 34.6. The summed E-state index contributed by atoms with van der Waals surface area (Å²) in [5.74, 6) is -2.37. The lowest BCUT2D eigenvalue weighted by atomic mass is 10.00. The zero-order valence-corrected chi connectivity index (χ0v) is 36.2. The maximum Gasteiger partial charge on any atom is 0.301 e. The molecule has 15 nitrogen and oxygen atoms in total. The number of aromatic amines is 1. The second-order valence-corrected chi connectivity index (χ2v) is 17.0. The van der Waals surface area contributed by atoms with Crippen molar-refractivity contribution < 1.29 is 54.9 Å². The van der Waals surface area contributed by atoms with E-state index in [0.29, 0.717) is 87.3 Å². The molecule has 0 bridgehead atoms. The molecule has 0 aliphatic carbocycles. The summed E-state index contributed by atoms with van der Waals surface area (Å²) in [5, 5.41) is 2.97. The second kappa shape index (κ2) is 21.7. The van der Waals surface area contributed by atoms with Crippen molar-refractivity contribution in [3.8, 4) is 33.1 Å². The normalized spacial score (nSPS) is 14.2. The summed E-state index contributed by atoms with van der Waals surface area (Å²) < 4.78 is 101. The quantitative estimate of drug-likeness (QED) is 0.0337. The summed E-state index contributed by atoms with van der Waals surface area (Å²) in [7, 11) is -4.36. The molecule has 6 aromatic rings. The number of alkyl halides is 1. The monoisotopic (exact) mass is 922 g/mol. The van der Waals surface area contributed by atoms with Crippen LogP contribution < -0.4 is 19.5 Å². The van der Waals surface area contributed by atoms with Crippen LogP contribution in [0.3, 0.4) is 0 Å². The number of H-pyrrole nitrogens is 1. The van der Waals surface area contributed by atoms with Crippen molar-refractivity contribution in [2.24, 2.45) is 0 Å². The molecule has 1 saturated heterocycles. The molecule has 338 valence electrons. The Labute approximate surface area is 371 Å². The summed E-state index contributed by atoms with van der Waals surface area (Å²) in [5.41, 5.74) is 4.53. The fourth-order valence-electron chi connectivity index (χ4n) is 6.85. The minimum atomic E-state index is -4.36. The van der Waals surface area contributed by atoms with E-state index in [2.05, 4.69) is 20.3 Å². The van der Waals surface area contributed by atoms with Gasteiger partial charge in [0.1, 0.15) is 42.3 Å². The molecule has 0 saturated carbocycles. The number of hydrogen-bond acceptors (Lipinski definition) is 12. The predicted molar refractivity (Wildman–Crippen MR) is 234 cm³/mol. The lowest BCUT2D eigenvalue weighted by Crippen LogP contribution is -2.34.